The van der Waals surface area contributed by atoms with E-state index in [0.29, 0.717) is 5.56 Å². The van der Waals surface area contributed by atoms with Gasteiger partial charge in [0.05, 0.1) is 11.7 Å². The lowest BCUT2D eigenvalue weighted by Gasteiger charge is -2.31. The second-order valence-electron chi connectivity index (χ2n) is 4.67. The van der Waals surface area contributed by atoms with Gasteiger partial charge in [-0.15, -0.1) is 0 Å². The molecule has 1 aliphatic rings. The van der Waals surface area contributed by atoms with Gasteiger partial charge in [0.15, 0.2) is 6.29 Å². The lowest BCUT2D eigenvalue weighted by molar-refractivity contribution is -0.197. The summed E-state index contributed by atoms with van der Waals surface area (Å²) < 4.78 is 10.5. The zero-order chi connectivity index (χ0) is 13.0. The summed E-state index contributed by atoms with van der Waals surface area (Å²) in [5.74, 6) is -0.210. The third kappa shape index (κ3) is 3.31. The number of carbonyl (C=O) groups is 1. The van der Waals surface area contributed by atoms with E-state index in [4.69, 9.17) is 9.47 Å². The third-order valence-electron chi connectivity index (χ3n) is 3.17. The lowest BCUT2D eigenvalue weighted by Crippen LogP contribution is -2.36. The van der Waals surface area contributed by atoms with Gasteiger partial charge in [-0.25, -0.2) is 4.79 Å². The van der Waals surface area contributed by atoms with Crippen LogP contribution in [0.15, 0.2) is 30.3 Å². The molecule has 0 radical (unpaired) electrons. The summed E-state index contributed by atoms with van der Waals surface area (Å²) in [6, 6.07) is 8.85. The van der Waals surface area contributed by atoms with Gasteiger partial charge in [0, 0.05) is 5.92 Å². The fourth-order valence-corrected chi connectivity index (χ4v) is 1.94. The predicted octanol–water partition coefficient (Wildman–Crippen LogP) is 1.98. The van der Waals surface area contributed by atoms with E-state index in [-0.39, 0.29) is 24.6 Å². The van der Waals surface area contributed by atoms with Crippen LogP contribution in [-0.2, 0) is 9.47 Å². The Morgan fingerprint density at radius 2 is 2.11 bits per heavy atom. The Bertz CT molecular complexity index is 390. The van der Waals surface area contributed by atoms with Crippen molar-refractivity contribution in [1.29, 1.82) is 0 Å². The van der Waals surface area contributed by atoms with E-state index < -0.39 is 6.29 Å². The first-order valence-corrected chi connectivity index (χ1v) is 6.22. The van der Waals surface area contributed by atoms with Crippen LogP contribution in [0.2, 0.25) is 0 Å². The third-order valence-corrected chi connectivity index (χ3v) is 3.17. The van der Waals surface area contributed by atoms with Crippen LogP contribution >= 0.6 is 0 Å². The Balaban J connectivity index is 1.80. The van der Waals surface area contributed by atoms with Crippen molar-refractivity contribution in [2.75, 3.05) is 6.61 Å². The number of carbonyl (C=O) groups excluding carboxylic acids is 1. The molecule has 1 heterocycles. The fourth-order valence-electron chi connectivity index (χ4n) is 1.94. The quantitative estimate of drug-likeness (QED) is 0.833. The maximum atomic E-state index is 11.7. The van der Waals surface area contributed by atoms with Crippen LogP contribution in [0, 0.1) is 5.92 Å². The molecule has 0 saturated carbocycles. The van der Waals surface area contributed by atoms with Crippen molar-refractivity contribution in [2.45, 2.75) is 32.2 Å². The van der Waals surface area contributed by atoms with Gasteiger partial charge in [0.25, 0.3) is 0 Å². The molecule has 0 aromatic heterocycles. The number of aliphatic hydroxyl groups excluding tert-OH is 1. The lowest BCUT2D eigenvalue weighted by atomic mass is 9.99. The molecule has 1 fully saturated rings. The first-order chi connectivity index (χ1) is 8.66. The number of aliphatic hydroxyl groups is 1. The summed E-state index contributed by atoms with van der Waals surface area (Å²) in [5.41, 5.74) is 0.530. The highest BCUT2D eigenvalue weighted by Gasteiger charge is 2.27. The van der Waals surface area contributed by atoms with Gasteiger partial charge in [-0.05, 0) is 25.0 Å². The van der Waals surface area contributed by atoms with E-state index in [1.807, 2.05) is 13.0 Å². The summed E-state index contributed by atoms with van der Waals surface area (Å²) in [6.07, 6.45) is 0.734. The molecule has 3 atom stereocenters. The number of ether oxygens (including phenoxy) is 2. The Morgan fingerprint density at radius 3 is 2.78 bits per heavy atom. The highest BCUT2D eigenvalue weighted by Crippen LogP contribution is 2.23. The van der Waals surface area contributed by atoms with Crippen molar-refractivity contribution in [3.8, 4) is 0 Å². The number of esters is 1. The van der Waals surface area contributed by atoms with Crippen LogP contribution in [0.3, 0.4) is 0 Å². The van der Waals surface area contributed by atoms with Gasteiger partial charge >= 0.3 is 5.97 Å². The van der Waals surface area contributed by atoms with Crippen LogP contribution in [0.1, 0.15) is 30.1 Å². The van der Waals surface area contributed by atoms with Crippen LogP contribution in [0.4, 0.5) is 0 Å². The van der Waals surface area contributed by atoms with E-state index in [9.17, 15) is 9.90 Å². The van der Waals surface area contributed by atoms with Gasteiger partial charge in [-0.3, -0.25) is 0 Å². The van der Waals surface area contributed by atoms with Crippen molar-refractivity contribution >= 4 is 5.97 Å². The molecule has 2 rings (SSSR count). The maximum Gasteiger partial charge on any atom is 0.338 e. The first-order valence-electron chi connectivity index (χ1n) is 6.22. The van der Waals surface area contributed by atoms with Crippen molar-refractivity contribution in [3.63, 3.8) is 0 Å². The van der Waals surface area contributed by atoms with Crippen LogP contribution < -0.4 is 0 Å². The van der Waals surface area contributed by atoms with Gasteiger partial charge < -0.3 is 14.6 Å². The molecular weight excluding hydrogens is 232 g/mol. The molecule has 0 bridgehead atoms. The molecule has 0 spiro atoms. The maximum absolute atomic E-state index is 11.7. The molecule has 98 valence electrons. The van der Waals surface area contributed by atoms with E-state index in [1.54, 1.807) is 24.3 Å². The zero-order valence-corrected chi connectivity index (χ0v) is 10.4. The molecule has 18 heavy (non-hydrogen) atoms. The average Bonchev–Trinajstić information content (AvgIpc) is 2.41. The Labute approximate surface area is 107 Å². The molecule has 1 aliphatic heterocycles. The van der Waals surface area contributed by atoms with Crippen molar-refractivity contribution in [1.82, 2.24) is 0 Å². The smallest absolute Gasteiger partial charge is 0.338 e. The summed E-state index contributed by atoms with van der Waals surface area (Å²) in [7, 11) is 0. The number of rotatable bonds is 3. The topological polar surface area (TPSA) is 55.8 Å². The molecule has 4 heteroatoms. The van der Waals surface area contributed by atoms with Crippen molar-refractivity contribution in [2.24, 2.45) is 5.92 Å². The first kappa shape index (κ1) is 13.1. The Hall–Kier alpha value is -1.39. The van der Waals surface area contributed by atoms with Gasteiger partial charge in [0.2, 0.25) is 0 Å². The molecule has 1 aromatic rings. The molecular formula is C14H18O4. The standard InChI is InChI=1S/C14H18O4/c1-10-7-8-12(18-13(10)15)9-17-14(16)11-5-3-2-4-6-11/h2-6,10,12-13,15H,7-9H2,1H3. The number of hydrogen-bond acceptors (Lipinski definition) is 4. The highest BCUT2D eigenvalue weighted by molar-refractivity contribution is 5.89. The molecule has 1 saturated heterocycles. The molecule has 3 unspecified atom stereocenters. The van der Waals surface area contributed by atoms with Crippen LogP contribution in [-0.4, -0.2) is 30.1 Å². The van der Waals surface area contributed by atoms with Crippen LogP contribution in [0.25, 0.3) is 0 Å². The second-order valence-corrected chi connectivity index (χ2v) is 4.67. The zero-order valence-electron chi connectivity index (χ0n) is 10.4. The van der Waals surface area contributed by atoms with Crippen LogP contribution in [0.5, 0.6) is 0 Å². The molecule has 4 nitrogen and oxygen atoms in total. The minimum absolute atomic E-state index is 0.145. The summed E-state index contributed by atoms with van der Waals surface area (Å²) in [5, 5.41) is 9.57. The highest BCUT2D eigenvalue weighted by atomic mass is 16.6. The number of benzene rings is 1. The molecule has 0 amide bonds. The monoisotopic (exact) mass is 250 g/mol. The summed E-state index contributed by atoms with van der Waals surface area (Å²) in [6.45, 7) is 2.13. The van der Waals surface area contributed by atoms with Gasteiger partial charge in [-0.2, -0.15) is 0 Å². The Morgan fingerprint density at radius 1 is 1.39 bits per heavy atom. The summed E-state index contributed by atoms with van der Waals surface area (Å²) in [4.78, 5) is 11.7. The normalized spacial score (nSPS) is 27.8. The SMILES string of the molecule is CC1CCC(COC(=O)c2ccccc2)OC1O. The molecule has 1 aromatic carbocycles. The predicted molar refractivity (Wildman–Crippen MR) is 66.0 cm³/mol. The second kappa shape index (κ2) is 5.98. The van der Waals surface area contributed by atoms with E-state index >= 15 is 0 Å². The minimum Gasteiger partial charge on any atom is -0.459 e. The van der Waals surface area contributed by atoms with E-state index in [2.05, 4.69) is 0 Å². The average molecular weight is 250 g/mol. The fraction of sp³-hybridized carbons (Fsp3) is 0.500. The largest absolute Gasteiger partial charge is 0.459 e. The Kier molecular flexibility index (Phi) is 4.33. The van der Waals surface area contributed by atoms with Crippen molar-refractivity contribution < 1.29 is 19.4 Å². The van der Waals surface area contributed by atoms with Crippen molar-refractivity contribution in [3.05, 3.63) is 35.9 Å². The van der Waals surface area contributed by atoms with Gasteiger partial charge in [0.1, 0.15) is 6.61 Å². The molecule has 1 N–H and O–H groups in total. The minimum atomic E-state index is -0.751. The van der Waals surface area contributed by atoms with Gasteiger partial charge in [-0.1, -0.05) is 25.1 Å². The number of hydrogen-bond donors (Lipinski definition) is 1. The van der Waals surface area contributed by atoms with E-state index in [1.165, 1.54) is 0 Å². The summed E-state index contributed by atoms with van der Waals surface area (Å²) >= 11 is 0. The van der Waals surface area contributed by atoms with E-state index in [0.717, 1.165) is 12.8 Å². The molecule has 0 aliphatic carbocycles.